The molecule has 0 aliphatic rings. The fraction of sp³-hybridized carbons (Fsp3) is 0.167. The Morgan fingerprint density at radius 1 is 1.15 bits per heavy atom. The van der Waals surface area contributed by atoms with Gasteiger partial charge in [0.05, 0.1) is 16.4 Å². The molecule has 0 aliphatic heterocycles. The average molecular weight is 482 g/mol. The van der Waals surface area contributed by atoms with Crippen LogP contribution in [-0.2, 0) is 0 Å². The van der Waals surface area contributed by atoms with E-state index in [1.54, 1.807) is 12.4 Å². The molecule has 0 spiro atoms. The normalized spacial score (nSPS) is 10.6. The number of nitrogens with zero attached hydrogens (tertiary/aromatic N) is 3. The molecule has 0 saturated carbocycles. The third kappa shape index (κ3) is 5.03. The lowest BCUT2D eigenvalue weighted by Gasteiger charge is -2.12. The van der Waals surface area contributed by atoms with Crippen LogP contribution in [0.15, 0.2) is 48.8 Å². The van der Waals surface area contributed by atoms with Gasteiger partial charge in [0.25, 0.3) is 0 Å². The Morgan fingerprint density at radius 2 is 2.04 bits per heavy atom. The lowest BCUT2D eigenvalue weighted by atomic mass is 10.2. The van der Waals surface area contributed by atoms with Gasteiger partial charge in [-0.1, -0.05) is 11.6 Å². The van der Waals surface area contributed by atoms with Gasteiger partial charge in [-0.2, -0.15) is 4.98 Å². The van der Waals surface area contributed by atoms with Crippen LogP contribution in [0.4, 0.5) is 17.5 Å². The van der Waals surface area contributed by atoms with Gasteiger partial charge in [0.2, 0.25) is 5.95 Å². The van der Waals surface area contributed by atoms with Crippen LogP contribution in [0.3, 0.4) is 0 Å². The molecule has 0 aliphatic carbocycles. The molecule has 0 atom stereocenters. The van der Waals surface area contributed by atoms with Crippen LogP contribution in [0.5, 0.6) is 0 Å². The topological polar surface area (TPSA) is 83.0 Å². The Kier molecular flexibility index (Phi) is 6.59. The first-order valence-electron chi connectivity index (χ1n) is 8.02. The highest BCUT2D eigenvalue weighted by molar-refractivity contribution is 14.1. The van der Waals surface area contributed by atoms with Crippen molar-refractivity contribution in [3.05, 3.63) is 57.4 Å². The van der Waals surface area contributed by atoms with E-state index in [1.807, 2.05) is 36.4 Å². The molecule has 2 aromatic heterocycles. The van der Waals surface area contributed by atoms with Crippen molar-refractivity contribution in [3.8, 4) is 11.3 Å². The van der Waals surface area contributed by atoms with Gasteiger partial charge in [0, 0.05) is 40.7 Å². The SMILES string of the molecule is OCCCNc1nc(Nc2ccc(I)cc2Cl)cc(-c2cccnc2)n1. The van der Waals surface area contributed by atoms with Crippen molar-refractivity contribution in [2.75, 3.05) is 23.8 Å². The highest BCUT2D eigenvalue weighted by Crippen LogP contribution is 2.28. The largest absolute Gasteiger partial charge is 0.396 e. The summed E-state index contributed by atoms with van der Waals surface area (Å²) >= 11 is 8.53. The molecule has 6 nitrogen and oxygen atoms in total. The Bertz CT molecular complexity index is 879. The average Bonchev–Trinajstić information content (AvgIpc) is 2.65. The lowest BCUT2D eigenvalue weighted by molar-refractivity contribution is 0.292. The van der Waals surface area contributed by atoms with Crippen molar-refractivity contribution in [1.29, 1.82) is 0 Å². The quantitative estimate of drug-likeness (QED) is 0.344. The monoisotopic (exact) mass is 481 g/mol. The third-order valence-corrected chi connectivity index (χ3v) is 4.48. The van der Waals surface area contributed by atoms with E-state index in [9.17, 15) is 0 Å². The van der Waals surface area contributed by atoms with Crippen molar-refractivity contribution >= 4 is 51.6 Å². The molecule has 0 bridgehead atoms. The second-order valence-electron chi connectivity index (χ2n) is 5.46. The number of aliphatic hydroxyl groups is 1. The molecule has 0 fully saturated rings. The van der Waals surface area contributed by atoms with E-state index in [2.05, 4.69) is 48.2 Å². The van der Waals surface area contributed by atoms with Gasteiger partial charge in [-0.3, -0.25) is 4.98 Å². The second kappa shape index (κ2) is 9.11. The summed E-state index contributed by atoms with van der Waals surface area (Å²) in [6.45, 7) is 0.690. The molecule has 3 N–H and O–H groups in total. The second-order valence-corrected chi connectivity index (χ2v) is 7.11. The molecular weight excluding hydrogens is 465 g/mol. The first kappa shape index (κ1) is 18.8. The molecule has 3 aromatic rings. The number of pyridine rings is 1. The lowest BCUT2D eigenvalue weighted by Crippen LogP contribution is -2.08. The smallest absolute Gasteiger partial charge is 0.225 e. The minimum atomic E-state index is 0.110. The van der Waals surface area contributed by atoms with Crippen LogP contribution in [0.2, 0.25) is 5.02 Å². The zero-order valence-electron chi connectivity index (χ0n) is 13.8. The number of aromatic nitrogens is 3. The van der Waals surface area contributed by atoms with E-state index in [0.29, 0.717) is 29.8 Å². The maximum absolute atomic E-state index is 8.96. The van der Waals surface area contributed by atoms with E-state index >= 15 is 0 Å². The minimum Gasteiger partial charge on any atom is -0.396 e. The van der Waals surface area contributed by atoms with Crippen molar-refractivity contribution in [1.82, 2.24) is 15.0 Å². The van der Waals surface area contributed by atoms with Crippen LogP contribution < -0.4 is 10.6 Å². The number of hydrogen-bond acceptors (Lipinski definition) is 6. The number of benzene rings is 1. The van der Waals surface area contributed by atoms with E-state index in [1.165, 1.54) is 0 Å². The number of anilines is 3. The maximum atomic E-state index is 8.96. The summed E-state index contributed by atoms with van der Waals surface area (Å²) < 4.78 is 1.06. The third-order valence-electron chi connectivity index (χ3n) is 3.50. The molecule has 0 saturated heterocycles. The highest BCUT2D eigenvalue weighted by atomic mass is 127. The van der Waals surface area contributed by atoms with Gasteiger partial charge in [0.1, 0.15) is 5.82 Å². The predicted octanol–water partition coefficient (Wildman–Crippen LogP) is 4.33. The molecule has 1 aromatic carbocycles. The zero-order valence-corrected chi connectivity index (χ0v) is 16.7. The Labute approximate surface area is 170 Å². The van der Waals surface area contributed by atoms with Crippen molar-refractivity contribution in [2.24, 2.45) is 0 Å². The summed E-state index contributed by atoms with van der Waals surface area (Å²) in [5.74, 6) is 1.09. The van der Waals surface area contributed by atoms with Crippen LogP contribution in [0, 0.1) is 3.57 Å². The van der Waals surface area contributed by atoms with E-state index < -0.39 is 0 Å². The number of hydrogen-bond donors (Lipinski definition) is 3. The molecule has 0 radical (unpaired) electrons. The summed E-state index contributed by atoms with van der Waals surface area (Å²) in [6.07, 6.45) is 4.09. The molecule has 8 heteroatoms. The standard InChI is InChI=1S/C18H17ClIN5O/c19-14-9-13(20)4-5-15(14)23-17-10-16(12-3-1-6-21-11-12)24-18(25-17)22-7-2-8-26/h1,3-6,9-11,26H,2,7-8H2,(H2,22,23,24,25). The molecular formula is C18H17ClIN5O. The molecule has 134 valence electrons. The van der Waals surface area contributed by atoms with Crippen LogP contribution in [0.25, 0.3) is 11.3 Å². The van der Waals surface area contributed by atoms with Gasteiger partial charge < -0.3 is 15.7 Å². The predicted molar refractivity (Wildman–Crippen MR) is 113 cm³/mol. The fourth-order valence-electron chi connectivity index (χ4n) is 2.26. The summed E-state index contributed by atoms with van der Waals surface area (Å²) in [4.78, 5) is 13.2. The van der Waals surface area contributed by atoms with E-state index in [-0.39, 0.29) is 6.61 Å². The minimum absolute atomic E-state index is 0.110. The Hall–Kier alpha value is -1.97. The van der Waals surface area contributed by atoms with E-state index in [4.69, 9.17) is 16.7 Å². The summed E-state index contributed by atoms with van der Waals surface area (Å²) in [5, 5.41) is 16.0. The summed E-state index contributed by atoms with van der Waals surface area (Å²) in [5.41, 5.74) is 2.39. The van der Waals surface area contributed by atoms with Crippen LogP contribution >= 0.6 is 34.2 Å². The first-order chi connectivity index (χ1) is 12.7. The van der Waals surface area contributed by atoms with Crippen LogP contribution in [0.1, 0.15) is 6.42 Å². The Balaban J connectivity index is 1.93. The highest BCUT2D eigenvalue weighted by Gasteiger charge is 2.09. The summed E-state index contributed by atoms with van der Waals surface area (Å²) in [6, 6.07) is 11.4. The number of rotatable bonds is 7. The van der Waals surface area contributed by atoms with Gasteiger partial charge in [-0.25, -0.2) is 4.98 Å². The fourth-order valence-corrected chi connectivity index (χ4v) is 3.16. The van der Waals surface area contributed by atoms with Gasteiger partial charge in [-0.05, 0) is 59.3 Å². The van der Waals surface area contributed by atoms with Crippen molar-refractivity contribution in [3.63, 3.8) is 0 Å². The first-order valence-corrected chi connectivity index (χ1v) is 9.47. The number of halogens is 2. The van der Waals surface area contributed by atoms with Gasteiger partial charge >= 0.3 is 0 Å². The van der Waals surface area contributed by atoms with E-state index in [0.717, 1.165) is 20.5 Å². The number of aliphatic hydroxyl groups excluding tert-OH is 1. The van der Waals surface area contributed by atoms with Gasteiger partial charge in [0.15, 0.2) is 0 Å². The molecule has 0 unspecified atom stereocenters. The van der Waals surface area contributed by atoms with Crippen molar-refractivity contribution in [2.45, 2.75) is 6.42 Å². The molecule has 0 amide bonds. The molecule has 2 heterocycles. The summed E-state index contributed by atoms with van der Waals surface area (Å²) in [7, 11) is 0. The molecule has 26 heavy (non-hydrogen) atoms. The molecule has 3 rings (SSSR count). The van der Waals surface area contributed by atoms with Crippen LogP contribution in [-0.4, -0.2) is 33.2 Å². The Morgan fingerprint density at radius 3 is 2.77 bits per heavy atom. The zero-order chi connectivity index (χ0) is 18.4. The maximum Gasteiger partial charge on any atom is 0.225 e. The van der Waals surface area contributed by atoms with Crippen molar-refractivity contribution < 1.29 is 5.11 Å². The number of nitrogens with one attached hydrogen (secondary N) is 2. The van der Waals surface area contributed by atoms with Gasteiger partial charge in [-0.15, -0.1) is 0 Å².